The number of hydrogen-bond donors (Lipinski definition) is 0. The van der Waals surface area contributed by atoms with Crippen LogP contribution in [0.15, 0.2) is 72.8 Å². The van der Waals surface area contributed by atoms with E-state index in [1.54, 1.807) is 0 Å². The van der Waals surface area contributed by atoms with E-state index >= 15 is 0 Å². The average Bonchev–Trinajstić information content (AvgIpc) is 2.55. The molecule has 0 atom stereocenters. The van der Waals surface area contributed by atoms with Gasteiger partial charge in [0.1, 0.15) is 6.61 Å². The summed E-state index contributed by atoms with van der Waals surface area (Å²) < 4.78 is 5.61. The highest BCUT2D eigenvalue weighted by Crippen LogP contribution is 2.17. The van der Waals surface area contributed by atoms with Crippen molar-refractivity contribution in [1.29, 1.82) is 0 Å². The van der Waals surface area contributed by atoms with Crippen LogP contribution in [0.25, 0.3) is 11.3 Å². The topological polar surface area (TPSA) is 35.0 Å². The summed E-state index contributed by atoms with van der Waals surface area (Å²) >= 11 is 0. The van der Waals surface area contributed by atoms with Crippen molar-refractivity contribution in [3.8, 4) is 17.1 Å². The van der Waals surface area contributed by atoms with Crippen LogP contribution in [0.2, 0.25) is 0 Å². The summed E-state index contributed by atoms with van der Waals surface area (Å²) in [6, 6.07) is 23.7. The van der Waals surface area contributed by atoms with Crippen molar-refractivity contribution in [2.75, 3.05) is 0 Å². The summed E-state index contributed by atoms with van der Waals surface area (Å²) in [5.41, 5.74) is 3.01. The van der Waals surface area contributed by atoms with Gasteiger partial charge in [-0.3, -0.25) is 0 Å². The number of nitrogens with zero attached hydrogens (tertiary/aromatic N) is 2. The molecule has 0 N–H and O–H groups in total. The van der Waals surface area contributed by atoms with Gasteiger partial charge in [0.25, 0.3) is 0 Å². The monoisotopic (exact) mass is 262 g/mol. The molecular weight excluding hydrogens is 248 g/mol. The van der Waals surface area contributed by atoms with Gasteiger partial charge < -0.3 is 4.74 Å². The number of hydrogen-bond acceptors (Lipinski definition) is 3. The maximum Gasteiger partial charge on any atom is 0.233 e. The van der Waals surface area contributed by atoms with E-state index < -0.39 is 0 Å². The van der Waals surface area contributed by atoms with Gasteiger partial charge in [-0.05, 0) is 11.6 Å². The first kappa shape index (κ1) is 12.4. The van der Waals surface area contributed by atoms with E-state index in [4.69, 9.17) is 4.74 Å². The molecular formula is C17H14N2O. The van der Waals surface area contributed by atoms with E-state index in [0.29, 0.717) is 12.5 Å². The Morgan fingerprint density at radius 3 is 2.05 bits per heavy atom. The molecule has 3 nitrogen and oxygen atoms in total. The highest BCUT2D eigenvalue weighted by Gasteiger charge is 2.01. The Hall–Kier alpha value is -2.68. The standard InChI is InChI=1S/C17H14N2O/c1-3-7-14(8-4-1)13-20-17-12-11-16(18-19-17)15-9-5-2-6-10-15/h1-12H,13H2. The molecule has 0 aliphatic heterocycles. The van der Waals surface area contributed by atoms with Crippen LogP contribution in [0.4, 0.5) is 0 Å². The normalized spacial score (nSPS) is 10.2. The van der Waals surface area contributed by atoms with Gasteiger partial charge in [-0.2, -0.15) is 0 Å². The fourth-order valence-corrected chi connectivity index (χ4v) is 1.89. The Balaban J connectivity index is 1.68. The van der Waals surface area contributed by atoms with E-state index in [0.717, 1.165) is 16.8 Å². The molecule has 20 heavy (non-hydrogen) atoms. The van der Waals surface area contributed by atoms with Crippen LogP contribution in [-0.4, -0.2) is 10.2 Å². The second-order valence-electron chi connectivity index (χ2n) is 4.40. The van der Waals surface area contributed by atoms with Crippen LogP contribution in [0.1, 0.15) is 5.56 Å². The molecule has 2 aromatic carbocycles. The Morgan fingerprint density at radius 2 is 1.40 bits per heavy atom. The summed E-state index contributed by atoms with van der Waals surface area (Å²) in [6.45, 7) is 0.500. The SMILES string of the molecule is c1ccc(COc2ccc(-c3ccccc3)nn2)cc1. The molecule has 1 heterocycles. The largest absolute Gasteiger partial charge is 0.472 e. The molecule has 3 aromatic rings. The summed E-state index contributed by atoms with van der Waals surface area (Å²) in [5, 5.41) is 8.28. The highest BCUT2D eigenvalue weighted by molar-refractivity contribution is 5.58. The third kappa shape index (κ3) is 3.01. The van der Waals surface area contributed by atoms with Crippen molar-refractivity contribution >= 4 is 0 Å². The lowest BCUT2D eigenvalue weighted by atomic mass is 10.1. The predicted octanol–water partition coefficient (Wildman–Crippen LogP) is 3.72. The number of benzene rings is 2. The van der Waals surface area contributed by atoms with Crippen molar-refractivity contribution in [1.82, 2.24) is 10.2 Å². The fourth-order valence-electron chi connectivity index (χ4n) is 1.89. The summed E-state index contributed by atoms with van der Waals surface area (Å²) in [5.74, 6) is 0.536. The minimum atomic E-state index is 0.500. The molecule has 0 aliphatic carbocycles. The van der Waals surface area contributed by atoms with Crippen LogP contribution >= 0.6 is 0 Å². The smallest absolute Gasteiger partial charge is 0.233 e. The number of aromatic nitrogens is 2. The molecule has 0 amide bonds. The Bertz CT molecular complexity index is 652. The van der Waals surface area contributed by atoms with Gasteiger partial charge in [0.15, 0.2) is 0 Å². The summed E-state index contributed by atoms with van der Waals surface area (Å²) in [4.78, 5) is 0. The Morgan fingerprint density at radius 1 is 0.700 bits per heavy atom. The van der Waals surface area contributed by atoms with Gasteiger partial charge in [-0.15, -0.1) is 10.2 Å². The van der Waals surface area contributed by atoms with Crippen molar-refractivity contribution in [3.63, 3.8) is 0 Å². The maximum atomic E-state index is 5.61. The van der Waals surface area contributed by atoms with Crippen LogP contribution in [0.5, 0.6) is 5.88 Å². The minimum Gasteiger partial charge on any atom is -0.472 e. The van der Waals surface area contributed by atoms with E-state index in [-0.39, 0.29) is 0 Å². The first-order chi connectivity index (χ1) is 9.92. The molecule has 0 spiro atoms. The van der Waals surface area contributed by atoms with E-state index in [1.165, 1.54) is 0 Å². The van der Waals surface area contributed by atoms with E-state index in [9.17, 15) is 0 Å². The third-order valence-corrected chi connectivity index (χ3v) is 2.94. The maximum absolute atomic E-state index is 5.61. The molecule has 3 rings (SSSR count). The first-order valence-corrected chi connectivity index (χ1v) is 6.48. The lowest BCUT2D eigenvalue weighted by Gasteiger charge is -2.05. The predicted molar refractivity (Wildman–Crippen MR) is 78.2 cm³/mol. The summed E-state index contributed by atoms with van der Waals surface area (Å²) in [6.07, 6.45) is 0. The van der Waals surface area contributed by atoms with E-state index in [1.807, 2.05) is 72.8 Å². The zero-order valence-corrected chi connectivity index (χ0v) is 10.9. The molecule has 0 saturated heterocycles. The Kier molecular flexibility index (Phi) is 3.69. The molecule has 0 fully saturated rings. The third-order valence-electron chi connectivity index (χ3n) is 2.94. The molecule has 0 saturated carbocycles. The Labute approximate surface area is 117 Å². The van der Waals surface area contributed by atoms with Crippen molar-refractivity contribution in [3.05, 3.63) is 78.4 Å². The second-order valence-corrected chi connectivity index (χ2v) is 4.40. The molecule has 0 aliphatic rings. The van der Waals surface area contributed by atoms with Gasteiger partial charge >= 0.3 is 0 Å². The quantitative estimate of drug-likeness (QED) is 0.718. The highest BCUT2D eigenvalue weighted by atomic mass is 16.5. The molecule has 3 heteroatoms. The van der Waals surface area contributed by atoms with Gasteiger partial charge in [0, 0.05) is 11.6 Å². The van der Waals surface area contributed by atoms with Gasteiger partial charge in [-0.1, -0.05) is 60.7 Å². The molecule has 0 radical (unpaired) electrons. The van der Waals surface area contributed by atoms with Crippen LogP contribution in [0.3, 0.4) is 0 Å². The first-order valence-electron chi connectivity index (χ1n) is 6.48. The molecule has 0 unspecified atom stereocenters. The molecule has 98 valence electrons. The lowest BCUT2D eigenvalue weighted by molar-refractivity contribution is 0.290. The van der Waals surface area contributed by atoms with Crippen LogP contribution < -0.4 is 4.74 Å². The van der Waals surface area contributed by atoms with E-state index in [2.05, 4.69) is 10.2 Å². The lowest BCUT2D eigenvalue weighted by Crippen LogP contribution is -1.98. The van der Waals surface area contributed by atoms with Crippen LogP contribution in [-0.2, 0) is 6.61 Å². The zero-order valence-electron chi connectivity index (χ0n) is 10.9. The van der Waals surface area contributed by atoms with Crippen LogP contribution in [0, 0.1) is 0 Å². The second kappa shape index (κ2) is 5.97. The summed E-state index contributed by atoms with van der Waals surface area (Å²) in [7, 11) is 0. The van der Waals surface area contributed by atoms with Crippen molar-refractivity contribution in [2.24, 2.45) is 0 Å². The fraction of sp³-hybridized carbons (Fsp3) is 0.0588. The number of rotatable bonds is 4. The molecule has 1 aromatic heterocycles. The van der Waals surface area contributed by atoms with Gasteiger partial charge in [-0.25, -0.2) is 0 Å². The van der Waals surface area contributed by atoms with Crippen molar-refractivity contribution < 1.29 is 4.74 Å². The number of ether oxygens (including phenoxy) is 1. The average molecular weight is 262 g/mol. The zero-order chi connectivity index (χ0) is 13.6. The minimum absolute atomic E-state index is 0.500. The molecule has 0 bridgehead atoms. The van der Waals surface area contributed by atoms with Crippen molar-refractivity contribution in [2.45, 2.75) is 6.61 Å². The van der Waals surface area contributed by atoms with Gasteiger partial charge in [0.2, 0.25) is 5.88 Å². The van der Waals surface area contributed by atoms with Gasteiger partial charge in [0.05, 0.1) is 5.69 Å².